The second-order valence-electron chi connectivity index (χ2n) is 8.78. The molecule has 2 fully saturated rings. The van der Waals surface area contributed by atoms with Gasteiger partial charge in [0.15, 0.2) is 0 Å². The van der Waals surface area contributed by atoms with Crippen LogP contribution in [0.1, 0.15) is 24.8 Å². The average molecular weight is 473 g/mol. The fourth-order valence-corrected chi connectivity index (χ4v) is 6.24. The first kappa shape index (κ1) is 23.6. The van der Waals surface area contributed by atoms with Gasteiger partial charge in [0, 0.05) is 25.6 Å². The Bertz CT molecular complexity index is 1140. The molecule has 2 heterocycles. The molecule has 176 valence electrons. The Kier molecular flexibility index (Phi) is 7.27. The van der Waals surface area contributed by atoms with E-state index < -0.39 is 22.2 Å². The molecule has 9 heteroatoms. The molecule has 2 aliphatic rings. The molecule has 0 bridgehead atoms. The molecule has 0 spiro atoms. The molecule has 0 aromatic heterocycles. The molecule has 7 nitrogen and oxygen atoms in total. The molecule has 0 radical (unpaired) electrons. The zero-order valence-corrected chi connectivity index (χ0v) is 19.3. The molecule has 0 aliphatic carbocycles. The maximum absolute atomic E-state index is 13.5. The molecule has 1 amide bonds. The third kappa shape index (κ3) is 5.52. The predicted octanol–water partition coefficient (Wildman–Crippen LogP) is 2.23. The summed E-state index contributed by atoms with van der Waals surface area (Å²) in [6.07, 6.45) is 0.586. The molecule has 4 rings (SSSR count). The number of piperidine rings is 1. The Hall–Kier alpha value is -2.54. The number of aryl methyl sites for hydroxylation is 1. The van der Waals surface area contributed by atoms with Gasteiger partial charge in [0.2, 0.25) is 15.9 Å². The summed E-state index contributed by atoms with van der Waals surface area (Å²) >= 11 is 0. The van der Waals surface area contributed by atoms with Crippen molar-refractivity contribution in [2.45, 2.75) is 43.9 Å². The highest BCUT2D eigenvalue weighted by molar-refractivity contribution is 7.89. The van der Waals surface area contributed by atoms with Crippen LogP contribution in [0.5, 0.6) is 0 Å². The van der Waals surface area contributed by atoms with E-state index in [2.05, 4.69) is 5.32 Å². The molecule has 0 saturated carbocycles. The van der Waals surface area contributed by atoms with E-state index in [1.54, 1.807) is 0 Å². The SMILES string of the molecule is N#CC1CC(F)CN1C(=O)CNC1CCN(S(=O)(=O)CCc2cccc3ccccc23)CC1. The van der Waals surface area contributed by atoms with Crippen LogP contribution in [-0.4, -0.2) is 73.7 Å². The summed E-state index contributed by atoms with van der Waals surface area (Å²) in [5.74, 6) is -0.223. The lowest BCUT2D eigenvalue weighted by Gasteiger charge is -2.32. The lowest BCUT2D eigenvalue weighted by molar-refractivity contribution is -0.130. The Morgan fingerprint density at radius 2 is 1.88 bits per heavy atom. The average Bonchev–Trinajstić information content (AvgIpc) is 3.22. The Morgan fingerprint density at radius 1 is 1.15 bits per heavy atom. The van der Waals surface area contributed by atoms with Gasteiger partial charge in [-0.15, -0.1) is 0 Å². The van der Waals surface area contributed by atoms with Crippen molar-refractivity contribution in [3.05, 3.63) is 48.0 Å². The molecule has 2 unspecified atom stereocenters. The maximum Gasteiger partial charge on any atom is 0.237 e. The number of benzene rings is 2. The monoisotopic (exact) mass is 472 g/mol. The molecular weight excluding hydrogens is 443 g/mol. The smallest absolute Gasteiger partial charge is 0.237 e. The molecule has 2 atom stereocenters. The van der Waals surface area contributed by atoms with Crippen LogP contribution in [-0.2, 0) is 21.2 Å². The number of nitriles is 1. The molecule has 2 aromatic carbocycles. The highest BCUT2D eigenvalue weighted by Gasteiger charge is 2.35. The van der Waals surface area contributed by atoms with Crippen LogP contribution in [0.2, 0.25) is 0 Å². The Balaban J connectivity index is 1.26. The van der Waals surface area contributed by atoms with Gasteiger partial charge in [-0.3, -0.25) is 4.79 Å². The van der Waals surface area contributed by atoms with Crippen LogP contribution < -0.4 is 5.32 Å². The Morgan fingerprint density at radius 3 is 2.64 bits per heavy atom. The quantitative estimate of drug-likeness (QED) is 0.667. The number of hydrogen-bond donors (Lipinski definition) is 1. The van der Waals surface area contributed by atoms with Crippen molar-refractivity contribution in [2.24, 2.45) is 0 Å². The van der Waals surface area contributed by atoms with Gasteiger partial charge in [0.05, 0.1) is 24.9 Å². The summed E-state index contributed by atoms with van der Waals surface area (Å²) in [5, 5.41) is 14.4. The van der Waals surface area contributed by atoms with Crippen LogP contribution >= 0.6 is 0 Å². The van der Waals surface area contributed by atoms with Gasteiger partial charge in [0.1, 0.15) is 12.2 Å². The van der Waals surface area contributed by atoms with Gasteiger partial charge in [-0.1, -0.05) is 42.5 Å². The van der Waals surface area contributed by atoms with Crippen LogP contribution in [0.4, 0.5) is 4.39 Å². The summed E-state index contributed by atoms with van der Waals surface area (Å²) < 4.78 is 40.9. The fraction of sp³-hybridized carbons (Fsp3) is 0.500. The van der Waals surface area contributed by atoms with E-state index in [4.69, 9.17) is 5.26 Å². The highest BCUT2D eigenvalue weighted by atomic mass is 32.2. The second-order valence-corrected chi connectivity index (χ2v) is 10.9. The first-order valence-electron chi connectivity index (χ1n) is 11.4. The summed E-state index contributed by atoms with van der Waals surface area (Å²) in [6.45, 7) is 0.803. The zero-order chi connectivity index (χ0) is 23.4. The number of sulfonamides is 1. The lowest BCUT2D eigenvalue weighted by Crippen LogP contribution is -2.48. The van der Waals surface area contributed by atoms with E-state index in [-0.39, 0.29) is 37.2 Å². The van der Waals surface area contributed by atoms with E-state index in [0.29, 0.717) is 32.4 Å². The number of carbonyl (C=O) groups is 1. The molecular formula is C24H29FN4O3S. The predicted molar refractivity (Wildman–Crippen MR) is 125 cm³/mol. The number of hydrogen-bond acceptors (Lipinski definition) is 5. The van der Waals surface area contributed by atoms with Crippen LogP contribution in [0.15, 0.2) is 42.5 Å². The third-order valence-electron chi connectivity index (χ3n) is 6.62. The van der Waals surface area contributed by atoms with Gasteiger partial charge in [-0.2, -0.15) is 5.26 Å². The molecule has 2 aliphatic heterocycles. The second kappa shape index (κ2) is 10.2. The summed E-state index contributed by atoms with van der Waals surface area (Å²) in [7, 11) is -3.38. The number of rotatable bonds is 7. The van der Waals surface area contributed by atoms with Crippen molar-refractivity contribution < 1.29 is 17.6 Å². The largest absolute Gasteiger partial charge is 0.323 e. The van der Waals surface area contributed by atoms with E-state index in [0.717, 1.165) is 16.3 Å². The van der Waals surface area contributed by atoms with Gasteiger partial charge in [0.25, 0.3) is 0 Å². The van der Waals surface area contributed by atoms with Crippen LogP contribution in [0, 0.1) is 11.3 Å². The standard InChI is InChI=1S/C24H29FN4O3S/c25-20-14-22(15-26)29(17-20)24(30)16-27-21-8-11-28(12-9-21)33(31,32)13-10-19-6-3-5-18-4-1-2-7-23(18)19/h1-7,20-22,27H,8-14,16-17H2. The summed E-state index contributed by atoms with van der Waals surface area (Å²) in [4.78, 5) is 13.7. The first-order valence-corrected chi connectivity index (χ1v) is 13.0. The van der Waals surface area contributed by atoms with Crippen LogP contribution in [0.3, 0.4) is 0 Å². The summed E-state index contributed by atoms with van der Waals surface area (Å²) in [6, 6.07) is 15.2. The highest BCUT2D eigenvalue weighted by Crippen LogP contribution is 2.22. The maximum atomic E-state index is 13.5. The topological polar surface area (TPSA) is 93.5 Å². The van der Waals surface area contributed by atoms with Crippen molar-refractivity contribution in [1.29, 1.82) is 5.26 Å². The van der Waals surface area contributed by atoms with Gasteiger partial charge >= 0.3 is 0 Å². The van der Waals surface area contributed by atoms with Crippen molar-refractivity contribution in [3.8, 4) is 6.07 Å². The van der Waals surface area contributed by atoms with E-state index in [9.17, 15) is 17.6 Å². The summed E-state index contributed by atoms with van der Waals surface area (Å²) in [5.41, 5.74) is 1.03. The number of likely N-dealkylation sites (tertiary alicyclic amines) is 1. The number of carbonyl (C=O) groups excluding carboxylic acids is 1. The van der Waals surface area contributed by atoms with Gasteiger partial charge in [-0.25, -0.2) is 17.1 Å². The van der Waals surface area contributed by atoms with E-state index in [1.165, 1.54) is 9.21 Å². The number of alkyl halides is 1. The van der Waals surface area contributed by atoms with E-state index >= 15 is 0 Å². The van der Waals surface area contributed by atoms with Gasteiger partial charge < -0.3 is 10.2 Å². The number of amides is 1. The normalized spacial score (nSPS) is 22.5. The van der Waals surface area contributed by atoms with Gasteiger partial charge in [-0.05, 0) is 35.6 Å². The van der Waals surface area contributed by atoms with Crippen molar-refractivity contribution in [3.63, 3.8) is 0 Å². The molecule has 33 heavy (non-hydrogen) atoms. The zero-order valence-electron chi connectivity index (χ0n) is 18.5. The first-order chi connectivity index (χ1) is 15.9. The molecule has 1 N–H and O–H groups in total. The minimum Gasteiger partial charge on any atom is -0.323 e. The minimum absolute atomic E-state index is 0.0165. The molecule has 2 saturated heterocycles. The molecule has 2 aromatic rings. The number of fused-ring (bicyclic) bond motifs is 1. The third-order valence-corrected chi connectivity index (χ3v) is 8.49. The van der Waals surface area contributed by atoms with Crippen LogP contribution in [0.25, 0.3) is 10.8 Å². The number of nitrogens with zero attached hydrogens (tertiary/aromatic N) is 3. The number of halogens is 1. The Labute approximate surface area is 194 Å². The van der Waals surface area contributed by atoms with Crippen molar-refractivity contribution in [1.82, 2.24) is 14.5 Å². The fourth-order valence-electron chi connectivity index (χ4n) is 4.73. The van der Waals surface area contributed by atoms with Crippen molar-refractivity contribution in [2.75, 3.05) is 31.9 Å². The van der Waals surface area contributed by atoms with Crippen molar-refractivity contribution >= 4 is 26.7 Å². The minimum atomic E-state index is -3.38. The lowest BCUT2D eigenvalue weighted by atomic mass is 10.0. The number of nitrogens with one attached hydrogen (secondary N) is 1. The van der Waals surface area contributed by atoms with E-state index in [1.807, 2.05) is 48.5 Å².